The summed E-state index contributed by atoms with van der Waals surface area (Å²) in [4.78, 5) is 13.5. The van der Waals surface area contributed by atoms with Crippen LogP contribution in [0.15, 0.2) is 18.2 Å². The van der Waals surface area contributed by atoms with Crippen molar-refractivity contribution in [3.8, 4) is 5.75 Å². The lowest BCUT2D eigenvalue weighted by atomic mass is 10.1. The second kappa shape index (κ2) is 7.51. The van der Waals surface area contributed by atoms with Crippen LogP contribution in [0.1, 0.15) is 31.9 Å². The van der Waals surface area contributed by atoms with Gasteiger partial charge in [-0.1, -0.05) is 19.9 Å². The van der Waals surface area contributed by atoms with E-state index in [1.54, 1.807) is 25.7 Å². The molecule has 1 amide bonds. The Morgan fingerprint density at radius 1 is 1.32 bits per heavy atom. The summed E-state index contributed by atoms with van der Waals surface area (Å²) in [6.07, 6.45) is -4.46. The van der Waals surface area contributed by atoms with E-state index in [1.165, 1.54) is 12.1 Å². The molecule has 0 aliphatic heterocycles. The Morgan fingerprint density at radius 2 is 1.95 bits per heavy atom. The zero-order valence-electron chi connectivity index (χ0n) is 13.3. The zero-order valence-corrected chi connectivity index (χ0v) is 13.3. The Balaban J connectivity index is 2.76. The van der Waals surface area contributed by atoms with Crippen LogP contribution < -0.4 is 4.74 Å². The van der Waals surface area contributed by atoms with Gasteiger partial charge >= 0.3 is 6.18 Å². The van der Waals surface area contributed by atoms with E-state index in [2.05, 4.69) is 0 Å². The predicted octanol–water partition coefficient (Wildman–Crippen LogP) is 3.90. The van der Waals surface area contributed by atoms with Crippen molar-refractivity contribution in [1.82, 2.24) is 4.90 Å². The minimum atomic E-state index is -4.46. The van der Waals surface area contributed by atoms with Crippen LogP contribution in [0.25, 0.3) is 0 Å². The van der Waals surface area contributed by atoms with E-state index in [0.29, 0.717) is 12.1 Å². The highest BCUT2D eigenvalue weighted by Gasteiger charge is 2.34. The fourth-order valence-electron chi connectivity index (χ4n) is 2.04. The second-order valence-corrected chi connectivity index (χ2v) is 5.42. The summed E-state index contributed by atoms with van der Waals surface area (Å²) in [7, 11) is 0. The molecule has 0 saturated heterocycles. The van der Waals surface area contributed by atoms with Crippen molar-refractivity contribution in [3.05, 3.63) is 29.3 Å². The van der Waals surface area contributed by atoms with Crippen LogP contribution >= 0.6 is 0 Å². The number of amides is 1. The lowest BCUT2D eigenvalue weighted by Crippen LogP contribution is -2.37. The van der Waals surface area contributed by atoms with Gasteiger partial charge in [0, 0.05) is 12.5 Å². The number of likely N-dealkylation sites (N-methyl/N-ethyl adjacent to an activating group) is 1. The maximum Gasteiger partial charge on any atom is 0.419 e. The Labute approximate surface area is 129 Å². The number of carbonyl (C=O) groups is 1. The molecule has 1 rings (SSSR count). The third-order valence-electron chi connectivity index (χ3n) is 3.25. The van der Waals surface area contributed by atoms with Gasteiger partial charge in [-0.05, 0) is 31.5 Å². The van der Waals surface area contributed by atoms with Crippen molar-refractivity contribution in [3.63, 3.8) is 0 Å². The number of ether oxygens (including phenoxy) is 1. The summed E-state index contributed by atoms with van der Waals surface area (Å²) in [5.41, 5.74) is -0.107. The minimum absolute atomic E-state index is 0.0266. The molecule has 0 aliphatic carbocycles. The van der Waals surface area contributed by atoms with Crippen LogP contribution in [0.3, 0.4) is 0 Å². The number of alkyl halides is 3. The minimum Gasteiger partial charge on any atom is -0.491 e. The molecule has 0 spiro atoms. The van der Waals surface area contributed by atoms with Gasteiger partial charge in [0.25, 0.3) is 0 Å². The summed E-state index contributed by atoms with van der Waals surface area (Å²) >= 11 is 0. The molecule has 6 heteroatoms. The van der Waals surface area contributed by atoms with Crippen LogP contribution in [-0.4, -0.2) is 30.5 Å². The monoisotopic (exact) mass is 317 g/mol. The van der Waals surface area contributed by atoms with Crippen molar-refractivity contribution in [1.29, 1.82) is 0 Å². The molecule has 0 saturated carbocycles. The van der Waals surface area contributed by atoms with Gasteiger partial charge in [0.05, 0.1) is 12.1 Å². The maximum atomic E-state index is 12.9. The van der Waals surface area contributed by atoms with Crippen molar-refractivity contribution in [2.24, 2.45) is 5.92 Å². The van der Waals surface area contributed by atoms with Crippen LogP contribution in [-0.2, 0) is 11.0 Å². The molecular weight excluding hydrogens is 295 g/mol. The molecule has 0 bridgehead atoms. The summed E-state index contributed by atoms with van der Waals surface area (Å²) in [5.74, 6) is -0.378. The quantitative estimate of drug-likeness (QED) is 0.796. The van der Waals surface area contributed by atoms with Crippen molar-refractivity contribution in [2.75, 3.05) is 19.7 Å². The second-order valence-electron chi connectivity index (χ2n) is 5.42. The fraction of sp³-hybridized carbons (Fsp3) is 0.562. The molecule has 0 aliphatic rings. The molecule has 1 aromatic rings. The highest BCUT2D eigenvalue weighted by Crippen LogP contribution is 2.36. The number of hydrogen-bond donors (Lipinski definition) is 0. The molecule has 0 atom stereocenters. The number of halogens is 3. The van der Waals surface area contributed by atoms with E-state index in [-0.39, 0.29) is 30.7 Å². The van der Waals surface area contributed by atoms with Crippen molar-refractivity contribution < 1.29 is 22.7 Å². The van der Waals surface area contributed by atoms with Gasteiger partial charge in [0.2, 0.25) is 5.91 Å². The van der Waals surface area contributed by atoms with Gasteiger partial charge in [-0.2, -0.15) is 13.2 Å². The van der Waals surface area contributed by atoms with E-state index in [0.717, 1.165) is 6.07 Å². The molecule has 1 aromatic carbocycles. The van der Waals surface area contributed by atoms with Gasteiger partial charge < -0.3 is 9.64 Å². The zero-order chi connectivity index (χ0) is 16.9. The number of nitrogens with zero attached hydrogens (tertiary/aromatic N) is 1. The van der Waals surface area contributed by atoms with Crippen LogP contribution in [0.5, 0.6) is 5.75 Å². The first-order valence-corrected chi connectivity index (χ1v) is 7.26. The largest absolute Gasteiger partial charge is 0.491 e. The predicted molar refractivity (Wildman–Crippen MR) is 78.8 cm³/mol. The Kier molecular flexibility index (Phi) is 6.26. The van der Waals surface area contributed by atoms with Gasteiger partial charge in [-0.15, -0.1) is 0 Å². The molecule has 0 fully saturated rings. The Bertz CT molecular complexity index is 513. The first-order chi connectivity index (χ1) is 10.2. The molecule has 0 heterocycles. The molecule has 3 nitrogen and oxygen atoms in total. The summed E-state index contributed by atoms with van der Waals surface area (Å²) in [5, 5.41) is 0. The standard InChI is InChI=1S/C16H22F3NO2/c1-5-20(15(21)11(2)3)8-9-22-14-10-12(4)6-7-13(14)16(17,18)19/h6-7,10-11H,5,8-9H2,1-4H3. The van der Waals surface area contributed by atoms with Crippen molar-refractivity contribution >= 4 is 5.91 Å². The van der Waals surface area contributed by atoms with E-state index in [1.807, 2.05) is 6.92 Å². The molecular formula is C16H22F3NO2. The van der Waals surface area contributed by atoms with E-state index in [9.17, 15) is 18.0 Å². The molecule has 0 unspecified atom stereocenters. The molecule has 124 valence electrons. The van der Waals surface area contributed by atoms with Gasteiger partial charge in [0.1, 0.15) is 12.4 Å². The van der Waals surface area contributed by atoms with Gasteiger partial charge in [0.15, 0.2) is 0 Å². The molecule has 0 N–H and O–H groups in total. The highest BCUT2D eigenvalue weighted by atomic mass is 19.4. The molecule has 0 radical (unpaired) electrons. The third-order valence-corrected chi connectivity index (χ3v) is 3.25. The Morgan fingerprint density at radius 3 is 2.45 bits per heavy atom. The number of benzene rings is 1. The normalized spacial score (nSPS) is 11.6. The Hall–Kier alpha value is -1.72. The summed E-state index contributed by atoms with van der Waals surface area (Å²) in [6.45, 7) is 7.89. The van der Waals surface area contributed by atoms with E-state index < -0.39 is 11.7 Å². The summed E-state index contributed by atoms with van der Waals surface area (Å²) < 4.78 is 44.1. The van der Waals surface area contributed by atoms with Gasteiger partial charge in [-0.3, -0.25) is 4.79 Å². The number of hydrogen-bond acceptors (Lipinski definition) is 2. The average Bonchev–Trinajstić information content (AvgIpc) is 2.41. The molecule has 0 aromatic heterocycles. The smallest absolute Gasteiger partial charge is 0.419 e. The van der Waals surface area contributed by atoms with E-state index in [4.69, 9.17) is 4.74 Å². The first-order valence-electron chi connectivity index (χ1n) is 7.26. The summed E-state index contributed by atoms with van der Waals surface area (Å²) in [6, 6.07) is 3.78. The highest BCUT2D eigenvalue weighted by molar-refractivity contribution is 5.78. The average molecular weight is 317 g/mol. The van der Waals surface area contributed by atoms with Crippen LogP contribution in [0.2, 0.25) is 0 Å². The SMILES string of the molecule is CCN(CCOc1cc(C)ccc1C(F)(F)F)C(=O)C(C)C. The lowest BCUT2D eigenvalue weighted by molar-refractivity contribution is -0.139. The maximum absolute atomic E-state index is 12.9. The first kappa shape index (κ1) is 18.3. The third kappa shape index (κ3) is 4.93. The van der Waals surface area contributed by atoms with Crippen molar-refractivity contribution in [2.45, 2.75) is 33.9 Å². The number of aryl methyl sites for hydroxylation is 1. The topological polar surface area (TPSA) is 29.5 Å². The molecule has 22 heavy (non-hydrogen) atoms. The number of carbonyl (C=O) groups excluding carboxylic acids is 1. The lowest BCUT2D eigenvalue weighted by Gasteiger charge is -2.23. The fourth-order valence-corrected chi connectivity index (χ4v) is 2.04. The van der Waals surface area contributed by atoms with Crippen LogP contribution in [0, 0.1) is 12.8 Å². The number of rotatable bonds is 6. The van der Waals surface area contributed by atoms with E-state index >= 15 is 0 Å². The van der Waals surface area contributed by atoms with Gasteiger partial charge in [-0.25, -0.2) is 0 Å². The van der Waals surface area contributed by atoms with Crippen LogP contribution in [0.4, 0.5) is 13.2 Å².